The first kappa shape index (κ1) is 16.4. The SMILES string of the molecule is Cc1noc(C)c1C(=O)N(CCN1CCNC1=O)Cc1nccs1. The molecule has 0 saturated carbocycles. The van der Waals surface area contributed by atoms with E-state index < -0.39 is 0 Å². The maximum Gasteiger partial charge on any atom is 0.317 e. The summed E-state index contributed by atoms with van der Waals surface area (Å²) in [6, 6.07) is -0.0889. The van der Waals surface area contributed by atoms with Crippen LogP contribution in [0.15, 0.2) is 16.1 Å². The van der Waals surface area contributed by atoms with Crippen LogP contribution in [-0.4, -0.2) is 58.1 Å². The molecule has 1 N–H and O–H groups in total. The predicted molar refractivity (Wildman–Crippen MR) is 87.8 cm³/mol. The molecule has 9 heteroatoms. The molecule has 2 aromatic rings. The van der Waals surface area contributed by atoms with E-state index in [2.05, 4.69) is 15.5 Å². The predicted octanol–water partition coefficient (Wildman–Crippen LogP) is 1.42. The third-order valence-electron chi connectivity index (χ3n) is 3.93. The van der Waals surface area contributed by atoms with Crippen LogP contribution >= 0.6 is 11.3 Å². The lowest BCUT2D eigenvalue weighted by molar-refractivity contribution is 0.0728. The molecule has 1 fully saturated rings. The van der Waals surface area contributed by atoms with Gasteiger partial charge in [0.2, 0.25) is 0 Å². The summed E-state index contributed by atoms with van der Waals surface area (Å²) >= 11 is 1.50. The molecule has 0 radical (unpaired) electrons. The Bertz CT molecular complexity index is 708. The van der Waals surface area contributed by atoms with E-state index in [-0.39, 0.29) is 11.9 Å². The Morgan fingerprint density at radius 1 is 1.50 bits per heavy atom. The van der Waals surface area contributed by atoms with Gasteiger partial charge in [-0.2, -0.15) is 0 Å². The van der Waals surface area contributed by atoms with Crippen molar-refractivity contribution >= 4 is 23.3 Å². The number of amides is 3. The molecule has 128 valence electrons. The molecular formula is C15H19N5O3S. The van der Waals surface area contributed by atoms with Crippen molar-refractivity contribution in [1.29, 1.82) is 0 Å². The second-order valence-electron chi connectivity index (χ2n) is 5.57. The van der Waals surface area contributed by atoms with E-state index in [4.69, 9.17) is 4.52 Å². The maximum absolute atomic E-state index is 12.9. The lowest BCUT2D eigenvalue weighted by Crippen LogP contribution is -2.39. The summed E-state index contributed by atoms with van der Waals surface area (Å²) in [5, 5.41) is 9.34. The van der Waals surface area contributed by atoms with Crippen LogP contribution in [-0.2, 0) is 6.54 Å². The van der Waals surface area contributed by atoms with E-state index in [0.717, 1.165) is 5.01 Å². The molecule has 0 aromatic carbocycles. The van der Waals surface area contributed by atoms with Crippen LogP contribution in [0.25, 0.3) is 0 Å². The molecule has 3 rings (SSSR count). The molecule has 1 aliphatic heterocycles. The Labute approximate surface area is 143 Å². The first-order valence-electron chi connectivity index (χ1n) is 7.69. The molecule has 0 spiro atoms. The van der Waals surface area contributed by atoms with E-state index >= 15 is 0 Å². The van der Waals surface area contributed by atoms with Crippen LogP contribution in [0.3, 0.4) is 0 Å². The molecule has 3 amide bonds. The van der Waals surface area contributed by atoms with Gasteiger partial charge in [0.15, 0.2) is 0 Å². The summed E-state index contributed by atoms with van der Waals surface area (Å²) in [6.07, 6.45) is 1.71. The molecule has 2 aromatic heterocycles. The van der Waals surface area contributed by atoms with Gasteiger partial charge in [-0.3, -0.25) is 4.79 Å². The maximum atomic E-state index is 12.9. The van der Waals surface area contributed by atoms with Crippen molar-refractivity contribution in [3.8, 4) is 0 Å². The lowest BCUT2D eigenvalue weighted by atomic mass is 10.1. The fraction of sp³-hybridized carbons (Fsp3) is 0.467. The standard InChI is InChI=1S/C15H19N5O3S/c1-10-13(11(2)23-18-10)14(21)20(9-12-16-4-8-24-12)7-6-19-5-3-17-15(19)22/h4,8H,3,5-7,9H2,1-2H3,(H,17,22). The fourth-order valence-electron chi connectivity index (χ4n) is 2.66. The number of aromatic nitrogens is 2. The second kappa shape index (κ2) is 7.00. The zero-order chi connectivity index (χ0) is 17.1. The number of rotatable bonds is 6. The number of hydrogen-bond donors (Lipinski definition) is 1. The number of aryl methyl sites for hydroxylation is 2. The van der Waals surface area contributed by atoms with E-state index in [1.165, 1.54) is 11.3 Å². The van der Waals surface area contributed by atoms with E-state index in [0.29, 0.717) is 49.7 Å². The number of carbonyl (C=O) groups excluding carboxylic acids is 2. The third kappa shape index (κ3) is 3.40. The summed E-state index contributed by atoms with van der Waals surface area (Å²) in [7, 11) is 0. The van der Waals surface area contributed by atoms with Gasteiger partial charge in [0, 0.05) is 37.8 Å². The van der Waals surface area contributed by atoms with Gasteiger partial charge >= 0.3 is 6.03 Å². The Balaban J connectivity index is 1.76. The van der Waals surface area contributed by atoms with E-state index in [9.17, 15) is 9.59 Å². The molecule has 0 unspecified atom stereocenters. The van der Waals surface area contributed by atoms with Crippen molar-refractivity contribution in [2.45, 2.75) is 20.4 Å². The van der Waals surface area contributed by atoms with Gasteiger partial charge in [0.05, 0.1) is 12.2 Å². The number of nitrogens with one attached hydrogen (secondary N) is 1. The highest BCUT2D eigenvalue weighted by Gasteiger charge is 2.26. The minimum Gasteiger partial charge on any atom is -0.361 e. The van der Waals surface area contributed by atoms with E-state index in [1.54, 1.807) is 29.8 Å². The highest BCUT2D eigenvalue weighted by molar-refractivity contribution is 7.09. The molecular weight excluding hydrogens is 330 g/mol. The quantitative estimate of drug-likeness (QED) is 0.851. The highest BCUT2D eigenvalue weighted by atomic mass is 32.1. The van der Waals surface area contributed by atoms with Crippen molar-refractivity contribution in [3.63, 3.8) is 0 Å². The Hall–Kier alpha value is -2.42. The fourth-order valence-corrected chi connectivity index (χ4v) is 3.29. The van der Waals surface area contributed by atoms with Gasteiger partial charge in [-0.05, 0) is 13.8 Å². The van der Waals surface area contributed by atoms with Gasteiger partial charge < -0.3 is 19.6 Å². The number of hydrogen-bond acceptors (Lipinski definition) is 6. The second-order valence-corrected chi connectivity index (χ2v) is 6.55. The van der Waals surface area contributed by atoms with Crippen molar-refractivity contribution in [1.82, 2.24) is 25.3 Å². The van der Waals surface area contributed by atoms with Gasteiger partial charge in [-0.15, -0.1) is 11.3 Å². The van der Waals surface area contributed by atoms with Crippen molar-refractivity contribution in [2.24, 2.45) is 0 Å². The summed E-state index contributed by atoms with van der Waals surface area (Å²) < 4.78 is 5.11. The van der Waals surface area contributed by atoms with Gasteiger partial charge in [-0.25, -0.2) is 9.78 Å². The number of urea groups is 1. The average molecular weight is 349 g/mol. The molecule has 8 nitrogen and oxygen atoms in total. The Kier molecular flexibility index (Phi) is 4.79. The van der Waals surface area contributed by atoms with Crippen molar-refractivity contribution in [2.75, 3.05) is 26.2 Å². The van der Waals surface area contributed by atoms with Gasteiger partial charge in [-0.1, -0.05) is 5.16 Å². The van der Waals surface area contributed by atoms with Crippen molar-refractivity contribution < 1.29 is 14.1 Å². The molecule has 0 bridgehead atoms. The van der Waals surface area contributed by atoms with Crippen LogP contribution in [0.4, 0.5) is 4.79 Å². The third-order valence-corrected chi connectivity index (χ3v) is 4.69. The number of carbonyl (C=O) groups is 2. The molecule has 3 heterocycles. The largest absolute Gasteiger partial charge is 0.361 e. The zero-order valence-electron chi connectivity index (χ0n) is 13.6. The van der Waals surface area contributed by atoms with Crippen LogP contribution in [0.2, 0.25) is 0 Å². The highest BCUT2D eigenvalue weighted by Crippen LogP contribution is 2.18. The van der Waals surface area contributed by atoms with E-state index in [1.807, 2.05) is 5.38 Å². The lowest BCUT2D eigenvalue weighted by Gasteiger charge is -2.24. The van der Waals surface area contributed by atoms with Crippen LogP contribution < -0.4 is 5.32 Å². The smallest absolute Gasteiger partial charge is 0.317 e. The first-order valence-corrected chi connectivity index (χ1v) is 8.57. The summed E-state index contributed by atoms with van der Waals surface area (Å²) in [5.41, 5.74) is 1.05. The Morgan fingerprint density at radius 2 is 2.33 bits per heavy atom. The van der Waals surface area contributed by atoms with Crippen LogP contribution in [0.5, 0.6) is 0 Å². The minimum atomic E-state index is -0.152. The topological polar surface area (TPSA) is 91.6 Å². The molecule has 0 atom stereocenters. The monoisotopic (exact) mass is 349 g/mol. The Morgan fingerprint density at radius 3 is 2.92 bits per heavy atom. The zero-order valence-corrected chi connectivity index (χ0v) is 14.4. The van der Waals surface area contributed by atoms with Gasteiger partial charge in [0.25, 0.3) is 5.91 Å². The van der Waals surface area contributed by atoms with Crippen molar-refractivity contribution in [3.05, 3.63) is 33.6 Å². The van der Waals surface area contributed by atoms with Crippen LogP contribution in [0.1, 0.15) is 26.8 Å². The minimum absolute atomic E-state index is 0.0889. The number of thiazole rings is 1. The molecule has 1 aliphatic rings. The normalized spacial score (nSPS) is 14.1. The number of nitrogens with zero attached hydrogens (tertiary/aromatic N) is 4. The molecule has 24 heavy (non-hydrogen) atoms. The first-order chi connectivity index (χ1) is 11.6. The summed E-state index contributed by atoms with van der Waals surface area (Å²) in [6.45, 7) is 6.08. The molecule has 1 saturated heterocycles. The molecule has 0 aliphatic carbocycles. The van der Waals surface area contributed by atoms with Crippen LogP contribution in [0, 0.1) is 13.8 Å². The summed E-state index contributed by atoms with van der Waals surface area (Å²) in [4.78, 5) is 32.3. The van der Waals surface area contributed by atoms with Gasteiger partial charge in [0.1, 0.15) is 16.3 Å². The summed E-state index contributed by atoms with van der Waals surface area (Å²) in [5.74, 6) is 0.349. The average Bonchev–Trinajstić information content (AvgIpc) is 3.27.